The van der Waals surface area contributed by atoms with Crippen molar-refractivity contribution in [1.29, 1.82) is 0 Å². The molecule has 0 unspecified atom stereocenters. The van der Waals surface area contributed by atoms with Gasteiger partial charge in [0, 0.05) is 0 Å². The molecule has 0 N–H and O–H groups in total. The minimum atomic E-state index is 0.833. The largest absolute Gasteiger partial charge is 0.0683 e. The molecule has 0 saturated heterocycles. The fourth-order valence-corrected chi connectivity index (χ4v) is 2.05. The van der Waals surface area contributed by atoms with E-state index in [2.05, 4.69) is 83.1 Å². The molecule has 0 saturated carbocycles. The van der Waals surface area contributed by atoms with Gasteiger partial charge in [0.05, 0.1) is 0 Å². The second kappa shape index (κ2) is 12.0. The Bertz CT molecular complexity index is 461. The van der Waals surface area contributed by atoms with Crippen LogP contribution >= 0.6 is 0 Å². The molecule has 0 amide bonds. The number of aryl methyl sites for hydroxylation is 4. The predicted octanol–water partition coefficient (Wildman–Crippen LogP) is 6.78. The minimum absolute atomic E-state index is 0.833. The normalized spacial score (nSPS) is 9.45. The lowest BCUT2D eigenvalue weighted by Crippen LogP contribution is -1.95. The van der Waals surface area contributed by atoms with Gasteiger partial charge in [-0.3, -0.25) is 0 Å². The van der Waals surface area contributed by atoms with Gasteiger partial charge in [0.25, 0.3) is 0 Å². The van der Waals surface area contributed by atoms with Crippen molar-refractivity contribution in [3.05, 3.63) is 70.8 Å². The zero-order valence-electron chi connectivity index (χ0n) is 15.6. The van der Waals surface area contributed by atoms with E-state index in [-0.39, 0.29) is 0 Å². The molecular weight excluding hydrogens is 264 g/mol. The molecule has 0 heteroatoms. The Hall–Kier alpha value is -1.56. The van der Waals surface area contributed by atoms with Gasteiger partial charge in [-0.05, 0) is 54.9 Å². The molecule has 0 heterocycles. The topological polar surface area (TPSA) is 0 Å². The molecule has 0 aliphatic rings. The van der Waals surface area contributed by atoms with Crippen molar-refractivity contribution < 1.29 is 0 Å². The second-order valence-electron chi connectivity index (χ2n) is 6.09. The molecule has 0 nitrogen and oxygen atoms in total. The van der Waals surface area contributed by atoms with Gasteiger partial charge in [-0.15, -0.1) is 0 Å². The average Bonchev–Trinajstić information content (AvgIpc) is 2.49. The van der Waals surface area contributed by atoms with Crippen LogP contribution in [0.15, 0.2) is 48.5 Å². The molecule has 0 radical (unpaired) electrons. The molecule has 0 atom stereocenters. The molecule has 122 valence electrons. The van der Waals surface area contributed by atoms with E-state index in [9.17, 15) is 0 Å². The monoisotopic (exact) mass is 298 g/mol. The molecule has 22 heavy (non-hydrogen) atoms. The van der Waals surface area contributed by atoms with Gasteiger partial charge in [0.15, 0.2) is 0 Å². The first-order chi connectivity index (χ1) is 10.5. The first-order valence-corrected chi connectivity index (χ1v) is 8.59. The smallest absolute Gasteiger partial charge is 0.0236 e. The van der Waals surface area contributed by atoms with Gasteiger partial charge in [-0.25, -0.2) is 0 Å². The molecule has 2 aromatic carbocycles. The Morgan fingerprint density at radius 2 is 0.909 bits per heavy atom. The van der Waals surface area contributed by atoms with Gasteiger partial charge in [-0.2, -0.15) is 0 Å². The van der Waals surface area contributed by atoms with Gasteiger partial charge in [0.2, 0.25) is 0 Å². The molecule has 0 aliphatic heterocycles. The summed E-state index contributed by atoms with van der Waals surface area (Å²) >= 11 is 0. The van der Waals surface area contributed by atoms with E-state index in [4.69, 9.17) is 0 Å². The number of hydrogen-bond acceptors (Lipinski definition) is 0. The Morgan fingerprint density at radius 3 is 1.18 bits per heavy atom. The van der Waals surface area contributed by atoms with Crippen LogP contribution in [0.3, 0.4) is 0 Å². The van der Waals surface area contributed by atoms with Crippen molar-refractivity contribution >= 4 is 0 Å². The van der Waals surface area contributed by atoms with Crippen molar-refractivity contribution in [2.75, 3.05) is 0 Å². The van der Waals surface area contributed by atoms with Gasteiger partial charge in [0.1, 0.15) is 0 Å². The van der Waals surface area contributed by atoms with Crippen LogP contribution in [0, 0.1) is 19.8 Å². The van der Waals surface area contributed by atoms with E-state index in [1.807, 2.05) is 13.8 Å². The highest BCUT2D eigenvalue weighted by Gasteiger charge is 2.00. The maximum absolute atomic E-state index is 2.23. The lowest BCUT2D eigenvalue weighted by Gasteiger charge is -2.07. The SMILES string of the molecule is CC.CC(C)C.Cc1ccccc1CCc1ccccc1C. The number of hydrogen-bond donors (Lipinski definition) is 0. The van der Waals surface area contributed by atoms with Crippen molar-refractivity contribution in [2.24, 2.45) is 5.92 Å². The Balaban J connectivity index is 0.000000640. The summed E-state index contributed by atoms with van der Waals surface area (Å²) in [5.41, 5.74) is 5.73. The lowest BCUT2D eigenvalue weighted by atomic mass is 9.98. The molecule has 0 fully saturated rings. The van der Waals surface area contributed by atoms with E-state index >= 15 is 0 Å². The van der Waals surface area contributed by atoms with Crippen LogP contribution in [0.5, 0.6) is 0 Å². The summed E-state index contributed by atoms with van der Waals surface area (Å²) in [5, 5.41) is 0. The zero-order valence-corrected chi connectivity index (χ0v) is 15.6. The third-order valence-electron chi connectivity index (χ3n) is 3.19. The molecule has 0 aromatic heterocycles. The van der Waals surface area contributed by atoms with Gasteiger partial charge >= 0.3 is 0 Å². The van der Waals surface area contributed by atoms with E-state index in [1.54, 1.807) is 0 Å². The molecule has 0 spiro atoms. The van der Waals surface area contributed by atoms with Crippen molar-refractivity contribution in [3.8, 4) is 0 Å². The quantitative estimate of drug-likeness (QED) is 0.586. The maximum atomic E-state index is 2.23. The Kier molecular flexibility index (Phi) is 11.2. The summed E-state index contributed by atoms with van der Waals surface area (Å²) in [6.07, 6.45) is 2.27. The summed E-state index contributed by atoms with van der Waals surface area (Å²) < 4.78 is 0. The molecule has 2 rings (SSSR count). The first-order valence-electron chi connectivity index (χ1n) is 8.59. The Labute approximate surface area is 138 Å². The molecule has 2 aromatic rings. The van der Waals surface area contributed by atoms with Crippen LogP contribution in [0.2, 0.25) is 0 Å². The zero-order chi connectivity index (χ0) is 17.0. The molecular formula is C22H34. The minimum Gasteiger partial charge on any atom is -0.0683 e. The second-order valence-corrected chi connectivity index (χ2v) is 6.09. The lowest BCUT2D eigenvalue weighted by molar-refractivity contribution is 0.737. The summed E-state index contributed by atoms with van der Waals surface area (Å²) in [6.45, 7) is 14.9. The summed E-state index contributed by atoms with van der Waals surface area (Å²) in [4.78, 5) is 0. The van der Waals surface area contributed by atoms with Crippen LogP contribution in [0.25, 0.3) is 0 Å². The summed E-state index contributed by atoms with van der Waals surface area (Å²) in [6, 6.07) is 17.3. The average molecular weight is 299 g/mol. The van der Waals surface area contributed by atoms with E-state index in [0.717, 1.165) is 18.8 Å². The van der Waals surface area contributed by atoms with Crippen LogP contribution in [-0.4, -0.2) is 0 Å². The molecule has 0 bridgehead atoms. The summed E-state index contributed by atoms with van der Waals surface area (Å²) in [7, 11) is 0. The van der Waals surface area contributed by atoms with E-state index < -0.39 is 0 Å². The number of rotatable bonds is 3. The fraction of sp³-hybridized carbons (Fsp3) is 0.455. The first kappa shape index (κ1) is 20.4. The van der Waals surface area contributed by atoms with Crippen LogP contribution in [0.1, 0.15) is 56.9 Å². The standard InChI is InChI=1S/C16H18.C4H10.C2H6/c1-13-7-3-5-9-15(13)11-12-16-10-6-4-8-14(16)2;1-4(2)3;1-2/h3-10H,11-12H2,1-2H3;4H,1-3H3;1-2H3. The Morgan fingerprint density at radius 1 is 0.636 bits per heavy atom. The van der Waals surface area contributed by atoms with Crippen LogP contribution in [-0.2, 0) is 12.8 Å². The fourth-order valence-electron chi connectivity index (χ4n) is 2.05. The van der Waals surface area contributed by atoms with E-state index in [1.165, 1.54) is 22.3 Å². The van der Waals surface area contributed by atoms with Crippen molar-refractivity contribution in [1.82, 2.24) is 0 Å². The highest BCUT2D eigenvalue weighted by Crippen LogP contribution is 2.13. The van der Waals surface area contributed by atoms with Crippen LogP contribution in [0.4, 0.5) is 0 Å². The predicted molar refractivity (Wildman–Crippen MR) is 102 cm³/mol. The maximum Gasteiger partial charge on any atom is -0.0236 e. The number of benzene rings is 2. The summed E-state index contributed by atoms with van der Waals surface area (Å²) in [5.74, 6) is 0.833. The van der Waals surface area contributed by atoms with E-state index in [0.29, 0.717) is 0 Å². The van der Waals surface area contributed by atoms with Gasteiger partial charge in [-0.1, -0.05) is 83.1 Å². The third kappa shape index (κ3) is 8.67. The third-order valence-corrected chi connectivity index (χ3v) is 3.19. The highest BCUT2D eigenvalue weighted by atomic mass is 14.1. The van der Waals surface area contributed by atoms with Gasteiger partial charge < -0.3 is 0 Å². The van der Waals surface area contributed by atoms with Crippen molar-refractivity contribution in [2.45, 2.75) is 61.3 Å². The molecule has 0 aliphatic carbocycles. The van der Waals surface area contributed by atoms with Crippen molar-refractivity contribution in [3.63, 3.8) is 0 Å². The highest BCUT2D eigenvalue weighted by molar-refractivity contribution is 5.30. The van der Waals surface area contributed by atoms with Crippen LogP contribution < -0.4 is 0 Å².